The zero-order valence-corrected chi connectivity index (χ0v) is 13.2. The molecule has 0 spiro atoms. The largest absolute Gasteiger partial charge is 0.379 e. The Morgan fingerprint density at radius 1 is 1.00 bits per heavy atom. The van der Waals surface area contributed by atoms with Crippen LogP contribution in [0.25, 0.3) is 10.9 Å². The van der Waals surface area contributed by atoms with E-state index in [1.165, 1.54) is 39.0 Å². The van der Waals surface area contributed by atoms with Gasteiger partial charge in [-0.05, 0) is 44.0 Å². The minimum atomic E-state index is 0.848. The lowest BCUT2D eigenvalue weighted by molar-refractivity contribution is 0.862. The maximum absolute atomic E-state index is 3.58. The fourth-order valence-electron chi connectivity index (χ4n) is 3.08. The SMILES string of the molecule is Cc1ccc(NCc2c(C)c3ccccc3n2C)c(C)c1. The molecule has 0 fully saturated rings. The first-order valence-corrected chi connectivity index (χ1v) is 7.42. The molecule has 1 aromatic heterocycles. The number of benzene rings is 2. The summed E-state index contributed by atoms with van der Waals surface area (Å²) in [6.07, 6.45) is 0. The zero-order chi connectivity index (χ0) is 15.0. The number of hydrogen-bond acceptors (Lipinski definition) is 1. The maximum Gasteiger partial charge on any atom is 0.0556 e. The lowest BCUT2D eigenvalue weighted by atomic mass is 10.1. The van der Waals surface area contributed by atoms with Gasteiger partial charge in [0, 0.05) is 29.3 Å². The van der Waals surface area contributed by atoms with Gasteiger partial charge in [0.05, 0.1) is 6.54 Å². The van der Waals surface area contributed by atoms with Crippen molar-refractivity contribution in [3.05, 3.63) is 64.8 Å². The Morgan fingerprint density at radius 2 is 1.76 bits per heavy atom. The topological polar surface area (TPSA) is 17.0 Å². The van der Waals surface area contributed by atoms with Gasteiger partial charge in [0.1, 0.15) is 0 Å². The number of rotatable bonds is 3. The Hall–Kier alpha value is -2.22. The van der Waals surface area contributed by atoms with Gasteiger partial charge in [0.15, 0.2) is 0 Å². The van der Waals surface area contributed by atoms with Crippen LogP contribution in [0.2, 0.25) is 0 Å². The van der Waals surface area contributed by atoms with E-state index in [9.17, 15) is 0 Å². The molecule has 3 aromatic rings. The molecule has 0 aliphatic rings. The fraction of sp³-hybridized carbons (Fsp3) is 0.263. The summed E-state index contributed by atoms with van der Waals surface area (Å²) in [5, 5.41) is 4.92. The van der Waals surface area contributed by atoms with Crippen LogP contribution in [-0.4, -0.2) is 4.57 Å². The molecule has 0 radical (unpaired) electrons. The highest BCUT2D eigenvalue weighted by Gasteiger charge is 2.11. The van der Waals surface area contributed by atoms with Crippen molar-refractivity contribution in [3.63, 3.8) is 0 Å². The van der Waals surface area contributed by atoms with Crippen LogP contribution in [0.15, 0.2) is 42.5 Å². The molecule has 0 saturated heterocycles. The summed E-state index contributed by atoms with van der Waals surface area (Å²) in [7, 11) is 2.15. The summed E-state index contributed by atoms with van der Waals surface area (Å²) in [5.41, 5.74) is 7.82. The van der Waals surface area contributed by atoms with E-state index in [0.717, 1.165) is 6.54 Å². The molecule has 0 saturated carbocycles. The molecule has 0 atom stereocenters. The molecule has 3 rings (SSSR count). The molecule has 21 heavy (non-hydrogen) atoms. The number of para-hydroxylation sites is 1. The number of anilines is 1. The average molecular weight is 278 g/mol. The molecule has 108 valence electrons. The van der Waals surface area contributed by atoms with E-state index in [1.54, 1.807) is 0 Å². The highest BCUT2D eigenvalue weighted by Crippen LogP contribution is 2.25. The summed E-state index contributed by atoms with van der Waals surface area (Å²) in [5.74, 6) is 0. The summed E-state index contributed by atoms with van der Waals surface area (Å²) < 4.78 is 2.29. The molecule has 0 amide bonds. The van der Waals surface area contributed by atoms with Crippen LogP contribution in [-0.2, 0) is 13.6 Å². The average Bonchev–Trinajstić information content (AvgIpc) is 2.71. The maximum atomic E-state index is 3.58. The van der Waals surface area contributed by atoms with Crippen LogP contribution in [0.3, 0.4) is 0 Å². The molecular weight excluding hydrogens is 256 g/mol. The summed E-state index contributed by atoms with van der Waals surface area (Å²) in [4.78, 5) is 0. The van der Waals surface area contributed by atoms with Gasteiger partial charge >= 0.3 is 0 Å². The van der Waals surface area contributed by atoms with Crippen molar-refractivity contribution >= 4 is 16.6 Å². The quantitative estimate of drug-likeness (QED) is 0.734. The van der Waals surface area contributed by atoms with Crippen LogP contribution < -0.4 is 5.32 Å². The van der Waals surface area contributed by atoms with E-state index in [1.807, 2.05) is 0 Å². The van der Waals surface area contributed by atoms with Gasteiger partial charge in [0.25, 0.3) is 0 Å². The molecule has 0 aliphatic carbocycles. The second-order valence-corrected chi connectivity index (χ2v) is 5.82. The van der Waals surface area contributed by atoms with Crippen molar-refractivity contribution in [1.29, 1.82) is 0 Å². The number of aryl methyl sites for hydroxylation is 4. The fourth-order valence-corrected chi connectivity index (χ4v) is 3.08. The first kappa shape index (κ1) is 13.7. The van der Waals surface area contributed by atoms with Crippen molar-refractivity contribution in [2.24, 2.45) is 7.05 Å². The summed E-state index contributed by atoms with van der Waals surface area (Å²) in [6, 6.07) is 15.1. The van der Waals surface area contributed by atoms with Crippen LogP contribution in [0, 0.1) is 20.8 Å². The summed E-state index contributed by atoms with van der Waals surface area (Å²) in [6.45, 7) is 7.34. The van der Waals surface area contributed by atoms with Gasteiger partial charge in [0.2, 0.25) is 0 Å². The third kappa shape index (κ3) is 2.42. The zero-order valence-electron chi connectivity index (χ0n) is 13.2. The van der Waals surface area contributed by atoms with Crippen LogP contribution >= 0.6 is 0 Å². The second kappa shape index (κ2) is 5.28. The van der Waals surface area contributed by atoms with E-state index in [-0.39, 0.29) is 0 Å². The van der Waals surface area contributed by atoms with Gasteiger partial charge in [-0.25, -0.2) is 0 Å². The van der Waals surface area contributed by atoms with Crippen molar-refractivity contribution in [2.45, 2.75) is 27.3 Å². The smallest absolute Gasteiger partial charge is 0.0556 e. The minimum absolute atomic E-state index is 0.848. The lowest BCUT2D eigenvalue weighted by Gasteiger charge is -2.12. The van der Waals surface area contributed by atoms with Crippen molar-refractivity contribution < 1.29 is 0 Å². The number of nitrogens with zero attached hydrogens (tertiary/aromatic N) is 1. The molecule has 0 unspecified atom stereocenters. The van der Waals surface area contributed by atoms with E-state index in [2.05, 4.69) is 80.2 Å². The Labute approximate surface area is 126 Å². The number of hydrogen-bond donors (Lipinski definition) is 1. The number of aromatic nitrogens is 1. The molecule has 2 nitrogen and oxygen atoms in total. The highest BCUT2D eigenvalue weighted by molar-refractivity contribution is 5.85. The van der Waals surface area contributed by atoms with Gasteiger partial charge < -0.3 is 9.88 Å². The van der Waals surface area contributed by atoms with E-state index < -0.39 is 0 Å². The third-order valence-corrected chi connectivity index (χ3v) is 4.34. The molecule has 2 heteroatoms. The Balaban J connectivity index is 1.92. The normalized spacial score (nSPS) is 11.0. The predicted octanol–water partition coefficient (Wildman–Crippen LogP) is 4.72. The molecule has 0 aliphatic heterocycles. The van der Waals surface area contributed by atoms with E-state index in [4.69, 9.17) is 0 Å². The van der Waals surface area contributed by atoms with Crippen molar-refractivity contribution in [1.82, 2.24) is 4.57 Å². The number of fused-ring (bicyclic) bond motifs is 1. The molecule has 2 aromatic carbocycles. The van der Waals surface area contributed by atoms with E-state index in [0.29, 0.717) is 0 Å². The Bertz CT molecular complexity index is 758. The van der Waals surface area contributed by atoms with Crippen LogP contribution in [0.5, 0.6) is 0 Å². The minimum Gasteiger partial charge on any atom is -0.379 e. The van der Waals surface area contributed by atoms with Gasteiger partial charge in [-0.2, -0.15) is 0 Å². The monoisotopic (exact) mass is 278 g/mol. The first-order valence-electron chi connectivity index (χ1n) is 7.42. The van der Waals surface area contributed by atoms with Gasteiger partial charge in [-0.1, -0.05) is 35.9 Å². The summed E-state index contributed by atoms with van der Waals surface area (Å²) >= 11 is 0. The van der Waals surface area contributed by atoms with Gasteiger partial charge in [-0.3, -0.25) is 0 Å². The first-order chi connectivity index (χ1) is 10.1. The Morgan fingerprint density at radius 3 is 2.48 bits per heavy atom. The highest BCUT2D eigenvalue weighted by atomic mass is 15.0. The van der Waals surface area contributed by atoms with Gasteiger partial charge in [-0.15, -0.1) is 0 Å². The van der Waals surface area contributed by atoms with Crippen molar-refractivity contribution in [2.75, 3.05) is 5.32 Å². The lowest BCUT2D eigenvalue weighted by Crippen LogP contribution is -2.06. The molecule has 1 heterocycles. The Kier molecular flexibility index (Phi) is 3.46. The van der Waals surface area contributed by atoms with E-state index >= 15 is 0 Å². The van der Waals surface area contributed by atoms with Crippen molar-refractivity contribution in [3.8, 4) is 0 Å². The molecule has 0 bridgehead atoms. The molecule has 1 N–H and O–H groups in total. The van der Waals surface area contributed by atoms with Crippen LogP contribution in [0.1, 0.15) is 22.4 Å². The molecular formula is C19H22N2. The third-order valence-electron chi connectivity index (χ3n) is 4.34. The van der Waals surface area contributed by atoms with Crippen LogP contribution in [0.4, 0.5) is 5.69 Å². The second-order valence-electron chi connectivity index (χ2n) is 5.82. The predicted molar refractivity (Wildman–Crippen MR) is 90.9 cm³/mol. The standard InChI is InChI=1S/C19H22N2/c1-13-9-10-17(14(2)11-13)20-12-19-15(3)16-7-5-6-8-18(16)21(19)4/h5-11,20H,12H2,1-4H3. The number of nitrogens with one attached hydrogen (secondary N) is 1.